The second kappa shape index (κ2) is 4.38. The van der Waals surface area contributed by atoms with Crippen molar-refractivity contribution in [2.45, 2.75) is 13.3 Å². The molecule has 0 unspecified atom stereocenters. The van der Waals surface area contributed by atoms with Crippen LogP contribution >= 0.6 is 0 Å². The molecule has 6 nitrogen and oxygen atoms in total. The Labute approximate surface area is 110 Å². The van der Waals surface area contributed by atoms with E-state index in [-0.39, 0.29) is 5.69 Å². The van der Waals surface area contributed by atoms with Crippen LogP contribution < -0.4 is 4.90 Å². The van der Waals surface area contributed by atoms with Crippen molar-refractivity contribution in [3.63, 3.8) is 0 Å². The molecule has 0 saturated heterocycles. The largest absolute Gasteiger partial charge is 0.476 e. The maximum absolute atomic E-state index is 11.0. The molecule has 6 heteroatoms. The highest BCUT2D eigenvalue weighted by Gasteiger charge is 2.18. The van der Waals surface area contributed by atoms with Crippen LogP contribution in [0.3, 0.4) is 0 Å². The molecule has 3 heterocycles. The van der Waals surface area contributed by atoms with Gasteiger partial charge in [-0.1, -0.05) is 11.6 Å². The standard InChI is InChI=1S/C13H14N4O2/c1-9-3-2-5-16(8-9)12-11-7-10(13(18)19)15-17(11)6-4-14-12/h3-4,6-7H,2,5,8H2,1H3,(H,18,19). The second-order valence-corrected chi connectivity index (χ2v) is 4.68. The number of hydrogen-bond acceptors (Lipinski definition) is 4. The highest BCUT2D eigenvalue weighted by Crippen LogP contribution is 2.23. The number of anilines is 1. The maximum Gasteiger partial charge on any atom is 0.356 e. The molecule has 0 amide bonds. The Morgan fingerprint density at radius 2 is 2.32 bits per heavy atom. The summed E-state index contributed by atoms with van der Waals surface area (Å²) in [5.41, 5.74) is 2.07. The van der Waals surface area contributed by atoms with Crippen molar-refractivity contribution in [2.75, 3.05) is 18.0 Å². The predicted octanol–water partition coefficient (Wildman–Crippen LogP) is 1.58. The van der Waals surface area contributed by atoms with E-state index < -0.39 is 5.97 Å². The molecule has 2 aromatic rings. The molecule has 3 rings (SSSR count). The van der Waals surface area contributed by atoms with Gasteiger partial charge in [0.2, 0.25) is 0 Å². The zero-order valence-corrected chi connectivity index (χ0v) is 10.6. The summed E-state index contributed by atoms with van der Waals surface area (Å²) in [6.07, 6.45) is 6.51. The van der Waals surface area contributed by atoms with Gasteiger partial charge in [0.1, 0.15) is 5.52 Å². The maximum atomic E-state index is 11.0. The minimum Gasteiger partial charge on any atom is -0.476 e. The van der Waals surface area contributed by atoms with Crippen LogP contribution in [-0.2, 0) is 0 Å². The first-order chi connectivity index (χ1) is 9.15. The van der Waals surface area contributed by atoms with Crippen LogP contribution in [0.2, 0.25) is 0 Å². The molecule has 0 saturated carbocycles. The first-order valence-electron chi connectivity index (χ1n) is 6.13. The van der Waals surface area contributed by atoms with Gasteiger partial charge in [-0.15, -0.1) is 0 Å². The van der Waals surface area contributed by atoms with Crippen molar-refractivity contribution in [1.82, 2.24) is 14.6 Å². The van der Waals surface area contributed by atoms with Gasteiger partial charge in [0, 0.05) is 31.5 Å². The van der Waals surface area contributed by atoms with E-state index in [1.54, 1.807) is 23.0 Å². The van der Waals surface area contributed by atoms with Crippen LogP contribution in [-0.4, -0.2) is 38.8 Å². The number of aromatic carboxylic acids is 1. The fourth-order valence-corrected chi connectivity index (χ4v) is 2.35. The fraction of sp³-hybridized carbons (Fsp3) is 0.308. The third-order valence-corrected chi connectivity index (χ3v) is 3.22. The molecule has 98 valence electrons. The first-order valence-corrected chi connectivity index (χ1v) is 6.13. The summed E-state index contributed by atoms with van der Waals surface area (Å²) < 4.78 is 1.57. The van der Waals surface area contributed by atoms with Gasteiger partial charge in [-0.2, -0.15) is 5.10 Å². The van der Waals surface area contributed by atoms with Crippen LogP contribution in [0.15, 0.2) is 30.1 Å². The molecule has 0 atom stereocenters. The predicted molar refractivity (Wildman–Crippen MR) is 70.5 cm³/mol. The number of carboxylic acids is 1. The summed E-state index contributed by atoms with van der Waals surface area (Å²) in [5, 5.41) is 13.0. The second-order valence-electron chi connectivity index (χ2n) is 4.68. The highest BCUT2D eigenvalue weighted by atomic mass is 16.4. The lowest BCUT2D eigenvalue weighted by Gasteiger charge is -2.27. The highest BCUT2D eigenvalue weighted by molar-refractivity contribution is 5.88. The zero-order valence-electron chi connectivity index (χ0n) is 10.6. The molecule has 0 fully saturated rings. The topological polar surface area (TPSA) is 70.7 Å². The first kappa shape index (κ1) is 11.7. The summed E-state index contributed by atoms with van der Waals surface area (Å²) in [6, 6.07) is 1.57. The van der Waals surface area contributed by atoms with Crippen molar-refractivity contribution in [3.8, 4) is 0 Å². The van der Waals surface area contributed by atoms with Gasteiger partial charge in [-0.3, -0.25) is 0 Å². The number of aromatic nitrogens is 3. The number of hydrogen-bond donors (Lipinski definition) is 1. The van der Waals surface area contributed by atoms with Crippen LogP contribution in [0.25, 0.3) is 5.52 Å². The van der Waals surface area contributed by atoms with Gasteiger partial charge in [-0.05, 0) is 13.3 Å². The molecule has 1 aliphatic rings. The third-order valence-electron chi connectivity index (χ3n) is 3.22. The Bertz CT molecular complexity index is 674. The fourth-order valence-electron chi connectivity index (χ4n) is 2.35. The minimum atomic E-state index is -1.02. The monoisotopic (exact) mass is 258 g/mol. The minimum absolute atomic E-state index is 0.0403. The Kier molecular flexibility index (Phi) is 2.70. The molecular weight excluding hydrogens is 244 g/mol. The molecule has 0 bridgehead atoms. The molecule has 2 aromatic heterocycles. The van der Waals surface area contributed by atoms with E-state index in [1.807, 2.05) is 0 Å². The number of carboxylic acid groups (broad SMARTS) is 1. The molecule has 1 aliphatic heterocycles. The lowest BCUT2D eigenvalue weighted by Crippen LogP contribution is -2.30. The van der Waals surface area contributed by atoms with Crippen molar-refractivity contribution >= 4 is 17.3 Å². The Morgan fingerprint density at radius 3 is 3.05 bits per heavy atom. The third kappa shape index (κ3) is 2.05. The summed E-state index contributed by atoms with van der Waals surface area (Å²) in [6.45, 7) is 3.79. The average Bonchev–Trinajstić information content (AvgIpc) is 2.82. The molecule has 19 heavy (non-hydrogen) atoms. The van der Waals surface area contributed by atoms with Crippen molar-refractivity contribution in [3.05, 3.63) is 35.8 Å². The Balaban J connectivity index is 2.08. The van der Waals surface area contributed by atoms with E-state index in [9.17, 15) is 4.79 Å². The van der Waals surface area contributed by atoms with Gasteiger partial charge in [0.05, 0.1) is 0 Å². The lowest BCUT2D eigenvalue weighted by molar-refractivity contribution is 0.0690. The number of fused-ring (bicyclic) bond motifs is 1. The molecule has 0 aromatic carbocycles. The van der Waals surface area contributed by atoms with Gasteiger partial charge in [0.15, 0.2) is 11.5 Å². The quantitative estimate of drug-likeness (QED) is 0.828. The van der Waals surface area contributed by atoms with Crippen LogP contribution in [0.5, 0.6) is 0 Å². The van der Waals surface area contributed by atoms with E-state index in [4.69, 9.17) is 5.11 Å². The molecule has 0 aliphatic carbocycles. The Morgan fingerprint density at radius 1 is 1.47 bits per heavy atom. The van der Waals surface area contributed by atoms with Crippen LogP contribution in [0, 0.1) is 0 Å². The van der Waals surface area contributed by atoms with E-state index >= 15 is 0 Å². The van der Waals surface area contributed by atoms with Gasteiger partial charge >= 0.3 is 5.97 Å². The lowest BCUT2D eigenvalue weighted by atomic mass is 10.1. The summed E-state index contributed by atoms with van der Waals surface area (Å²) in [4.78, 5) is 17.5. The summed E-state index contributed by atoms with van der Waals surface area (Å²) >= 11 is 0. The van der Waals surface area contributed by atoms with Gasteiger partial charge in [0.25, 0.3) is 0 Å². The molecule has 0 spiro atoms. The van der Waals surface area contributed by atoms with Crippen molar-refractivity contribution in [2.24, 2.45) is 0 Å². The van der Waals surface area contributed by atoms with Crippen LogP contribution in [0.4, 0.5) is 5.82 Å². The number of nitrogens with zero attached hydrogens (tertiary/aromatic N) is 4. The molecular formula is C13H14N4O2. The van der Waals surface area contributed by atoms with Crippen molar-refractivity contribution in [1.29, 1.82) is 0 Å². The Hall–Kier alpha value is -2.37. The van der Waals surface area contributed by atoms with E-state index in [1.165, 1.54) is 5.57 Å². The SMILES string of the molecule is CC1=CCCN(c2nccn3nc(C(=O)O)cc23)C1. The van der Waals surface area contributed by atoms with Crippen molar-refractivity contribution < 1.29 is 9.90 Å². The number of rotatable bonds is 2. The average molecular weight is 258 g/mol. The molecule has 1 N–H and O–H groups in total. The van der Waals surface area contributed by atoms with Gasteiger partial charge in [-0.25, -0.2) is 14.3 Å². The zero-order chi connectivity index (χ0) is 13.4. The molecule has 0 radical (unpaired) electrons. The summed E-state index contributed by atoms with van der Waals surface area (Å²) in [5.74, 6) is -0.237. The summed E-state index contributed by atoms with van der Waals surface area (Å²) in [7, 11) is 0. The smallest absolute Gasteiger partial charge is 0.356 e. The van der Waals surface area contributed by atoms with Crippen LogP contribution in [0.1, 0.15) is 23.8 Å². The number of carbonyl (C=O) groups is 1. The van der Waals surface area contributed by atoms with Gasteiger partial charge < -0.3 is 10.0 Å². The van der Waals surface area contributed by atoms with E-state index in [0.29, 0.717) is 0 Å². The van der Waals surface area contributed by atoms with E-state index in [0.717, 1.165) is 30.8 Å². The van der Waals surface area contributed by atoms with E-state index in [2.05, 4.69) is 28.0 Å². The normalized spacial score (nSPS) is 15.6.